The number of nitrogens with zero attached hydrogens (tertiary/aromatic N) is 4. The van der Waals surface area contributed by atoms with Crippen molar-refractivity contribution in [2.24, 2.45) is 0 Å². The Bertz CT molecular complexity index is 1340. The van der Waals surface area contributed by atoms with Crippen molar-refractivity contribution in [1.29, 1.82) is 0 Å². The van der Waals surface area contributed by atoms with E-state index in [0.717, 1.165) is 18.1 Å². The van der Waals surface area contributed by atoms with E-state index < -0.39 is 22.7 Å². The second-order valence-electron chi connectivity index (χ2n) is 8.00. The summed E-state index contributed by atoms with van der Waals surface area (Å²) >= 11 is 0. The van der Waals surface area contributed by atoms with Gasteiger partial charge in [0.05, 0.1) is 16.9 Å². The number of hydrogen-bond acceptors (Lipinski definition) is 9. The van der Waals surface area contributed by atoms with Gasteiger partial charge in [-0.05, 0) is 24.3 Å². The van der Waals surface area contributed by atoms with Crippen molar-refractivity contribution in [2.45, 2.75) is 31.1 Å². The third-order valence-electron chi connectivity index (χ3n) is 4.37. The molecule has 0 fully saturated rings. The number of aromatic nitrogens is 4. The molecule has 0 aromatic carbocycles. The van der Waals surface area contributed by atoms with Gasteiger partial charge in [-0.1, -0.05) is 20.8 Å². The van der Waals surface area contributed by atoms with E-state index in [1.807, 2.05) is 32.2 Å². The lowest BCUT2D eigenvalue weighted by atomic mass is 9.92. The SMILES string of the molecule is [2H]C([2H])([2H])NC(=O)c1cnc(Nc2ccc(C(C)(C)C)nn2)cc1Nc1ncccc1S(C)(=O)=O. The van der Waals surface area contributed by atoms with E-state index in [4.69, 9.17) is 4.11 Å². The zero-order valence-corrected chi connectivity index (χ0v) is 18.8. The number of sulfone groups is 1. The van der Waals surface area contributed by atoms with E-state index in [-0.39, 0.29) is 33.2 Å². The molecule has 3 aromatic rings. The quantitative estimate of drug-likeness (QED) is 0.509. The standard InChI is InChI=1S/C21H25N7O3S/c1-21(2,3)16-8-9-17(28-27-16)26-18-11-14(13(12-24-18)20(29)22-4)25-19-15(32(5,30)31)7-6-10-23-19/h6-12H,1-5H3,(H,22,29)(H2,23,24,25,26,28)/i4D3. The summed E-state index contributed by atoms with van der Waals surface area (Å²) < 4.78 is 46.3. The summed E-state index contributed by atoms with van der Waals surface area (Å²) in [5.74, 6) is -0.347. The van der Waals surface area contributed by atoms with E-state index >= 15 is 0 Å². The Morgan fingerprint density at radius 3 is 2.47 bits per heavy atom. The number of nitrogens with one attached hydrogen (secondary N) is 3. The Kier molecular flexibility index (Phi) is 5.30. The third kappa shape index (κ3) is 5.35. The van der Waals surface area contributed by atoms with Crippen LogP contribution < -0.4 is 16.0 Å². The maximum absolute atomic E-state index is 12.6. The Hall–Kier alpha value is -3.60. The van der Waals surface area contributed by atoms with E-state index in [9.17, 15) is 13.2 Å². The Morgan fingerprint density at radius 2 is 1.84 bits per heavy atom. The lowest BCUT2D eigenvalue weighted by Crippen LogP contribution is -2.20. The molecule has 11 heteroatoms. The highest BCUT2D eigenvalue weighted by Crippen LogP contribution is 2.27. The minimum atomic E-state index is -3.66. The lowest BCUT2D eigenvalue weighted by molar-refractivity contribution is 0.0963. The molecule has 32 heavy (non-hydrogen) atoms. The summed E-state index contributed by atoms with van der Waals surface area (Å²) in [5.41, 5.74) is 0.551. The van der Waals surface area contributed by atoms with Crippen LogP contribution in [0.2, 0.25) is 0 Å². The van der Waals surface area contributed by atoms with Gasteiger partial charge in [-0.25, -0.2) is 18.4 Å². The predicted molar refractivity (Wildman–Crippen MR) is 122 cm³/mol. The molecule has 0 bridgehead atoms. The summed E-state index contributed by atoms with van der Waals surface area (Å²) in [5, 5.41) is 16.0. The van der Waals surface area contributed by atoms with Crippen LogP contribution >= 0.6 is 0 Å². The molecular formula is C21H25N7O3S. The van der Waals surface area contributed by atoms with Crippen LogP contribution in [0.25, 0.3) is 0 Å². The molecule has 0 aliphatic carbocycles. The summed E-state index contributed by atoms with van der Waals surface area (Å²) in [7, 11) is -3.66. The molecule has 3 rings (SSSR count). The van der Waals surface area contributed by atoms with Gasteiger partial charge >= 0.3 is 0 Å². The first kappa shape index (κ1) is 19.1. The molecule has 0 spiro atoms. The number of hydrogen-bond donors (Lipinski definition) is 3. The monoisotopic (exact) mass is 458 g/mol. The van der Waals surface area contributed by atoms with E-state index in [0.29, 0.717) is 5.82 Å². The van der Waals surface area contributed by atoms with E-state index in [1.165, 1.54) is 24.4 Å². The van der Waals surface area contributed by atoms with Gasteiger partial charge in [0, 0.05) is 41.2 Å². The smallest absolute Gasteiger partial charge is 0.254 e. The van der Waals surface area contributed by atoms with Gasteiger partial charge in [-0.2, -0.15) is 5.10 Å². The van der Waals surface area contributed by atoms with Crippen molar-refractivity contribution in [3.05, 3.63) is 54.0 Å². The lowest BCUT2D eigenvalue weighted by Gasteiger charge is -2.17. The van der Waals surface area contributed by atoms with Gasteiger partial charge in [0.2, 0.25) is 0 Å². The molecule has 3 aromatic heterocycles. The molecule has 0 atom stereocenters. The number of carbonyl (C=O) groups excluding carboxylic acids is 1. The van der Waals surface area contributed by atoms with Crippen LogP contribution in [0.3, 0.4) is 0 Å². The normalized spacial score (nSPS) is 13.4. The van der Waals surface area contributed by atoms with Crippen molar-refractivity contribution in [2.75, 3.05) is 23.9 Å². The number of carbonyl (C=O) groups is 1. The molecule has 3 heterocycles. The summed E-state index contributed by atoms with van der Waals surface area (Å²) in [6.45, 7) is 3.29. The molecule has 0 saturated heterocycles. The number of amides is 1. The molecule has 168 valence electrons. The maximum Gasteiger partial charge on any atom is 0.254 e. The number of rotatable bonds is 6. The molecule has 3 N–H and O–H groups in total. The first-order chi connectivity index (χ1) is 16.1. The summed E-state index contributed by atoms with van der Waals surface area (Å²) in [6, 6.07) is 7.77. The first-order valence-electron chi connectivity index (χ1n) is 11.0. The van der Waals surface area contributed by atoms with Crippen LogP contribution in [0.4, 0.5) is 23.1 Å². The van der Waals surface area contributed by atoms with Crippen molar-refractivity contribution < 1.29 is 17.3 Å². The van der Waals surface area contributed by atoms with Gasteiger partial charge in [0.15, 0.2) is 15.7 Å². The predicted octanol–water partition coefficient (Wildman–Crippen LogP) is 2.81. The molecule has 10 nitrogen and oxygen atoms in total. The van der Waals surface area contributed by atoms with Crippen LogP contribution in [-0.4, -0.2) is 47.7 Å². The highest BCUT2D eigenvalue weighted by molar-refractivity contribution is 7.90. The van der Waals surface area contributed by atoms with E-state index in [1.54, 1.807) is 6.07 Å². The fraction of sp³-hybridized carbons (Fsp3) is 0.286. The van der Waals surface area contributed by atoms with Crippen LogP contribution in [-0.2, 0) is 15.3 Å². The van der Waals surface area contributed by atoms with Crippen molar-refractivity contribution in [3.8, 4) is 0 Å². The van der Waals surface area contributed by atoms with E-state index in [2.05, 4.69) is 30.8 Å². The fourth-order valence-electron chi connectivity index (χ4n) is 2.72. The fourth-order valence-corrected chi connectivity index (χ4v) is 3.50. The summed E-state index contributed by atoms with van der Waals surface area (Å²) in [6.07, 6.45) is 3.56. The van der Waals surface area contributed by atoms with Crippen molar-refractivity contribution in [1.82, 2.24) is 25.5 Å². The number of pyridine rings is 2. The van der Waals surface area contributed by atoms with Crippen LogP contribution in [0.15, 0.2) is 47.6 Å². The van der Waals surface area contributed by atoms with Crippen molar-refractivity contribution >= 4 is 38.9 Å². The van der Waals surface area contributed by atoms with Crippen LogP contribution in [0.1, 0.15) is 40.9 Å². The topological polar surface area (TPSA) is 139 Å². The maximum atomic E-state index is 12.6. The Morgan fingerprint density at radius 1 is 1.06 bits per heavy atom. The average Bonchev–Trinajstić information content (AvgIpc) is 2.72. The van der Waals surface area contributed by atoms with Crippen molar-refractivity contribution in [3.63, 3.8) is 0 Å². The van der Waals surface area contributed by atoms with Crippen LogP contribution in [0, 0.1) is 0 Å². The van der Waals surface area contributed by atoms with Gasteiger partial charge < -0.3 is 16.0 Å². The highest BCUT2D eigenvalue weighted by atomic mass is 32.2. The minimum Gasteiger partial charge on any atom is -0.355 e. The molecule has 0 aliphatic heterocycles. The van der Waals surface area contributed by atoms with Crippen LogP contribution in [0.5, 0.6) is 0 Å². The molecule has 0 aliphatic rings. The molecule has 0 unspecified atom stereocenters. The average molecular weight is 459 g/mol. The zero-order chi connectivity index (χ0) is 26.0. The van der Waals surface area contributed by atoms with Gasteiger partial charge in [0.1, 0.15) is 16.5 Å². The number of anilines is 4. The Balaban J connectivity index is 2.01. The minimum absolute atomic E-state index is 0.0376. The molecule has 0 saturated carbocycles. The Labute approximate surface area is 191 Å². The second kappa shape index (κ2) is 8.87. The second-order valence-corrected chi connectivity index (χ2v) is 9.98. The molecular weight excluding hydrogens is 430 g/mol. The van der Waals surface area contributed by atoms with Gasteiger partial charge in [-0.15, -0.1) is 5.10 Å². The zero-order valence-electron chi connectivity index (χ0n) is 21.0. The first-order valence-corrected chi connectivity index (χ1v) is 11.4. The molecule has 0 radical (unpaired) electrons. The third-order valence-corrected chi connectivity index (χ3v) is 5.50. The van der Waals surface area contributed by atoms with Gasteiger partial charge in [-0.3, -0.25) is 4.79 Å². The largest absolute Gasteiger partial charge is 0.355 e. The highest BCUT2D eigenvalue weighted by Gasteiger charge is 2.19. The summed E-state index contributed by atoms with van der Waals surface area (Å²) in [4.78, 5) is 20.8. The molecule has 1 amide bonds. The van der Waals surface area contributed by atoms with Gasteiger partial charge in [0.25, 0.3) is 5.91 Å².